The fourth-order valence-electron chi connectivity index (χ4n) is 1.29. The molecule has 0 atom stereocenters. The Morgan fingerprint density at radius 1 is 1.62 bits per heavy atom. The molecule has 1 N–H and O–H groups in total. The van der Waals surface area contributed by atoms with Crippen molar-refractivity contribution >= 4 is 23.6 Å². The highest BCUT2D eigenvalue weighted by Crippen LogP contribution is 2.24. The number of aromatic nitrogens is 4. The van der Waals surface area contributed by atoms with E-state index in [1.165, 1.54) is 0 Å². The Morgan fingerprint density at radius 2 is 2.44 bits per heavy atom. The molecule has 2 aromatic rings. The van der Waals surface area contributed by atoms with Crippen LogP contribution < -0.4 is 0 Å². The van der Waals surface area contributed by atoms with Crippen LogP contribution in [0.5, 0.6) is 0 Å². The normalized spacial score (nSPS) is 10.9. The average molecular weight is 256 g/mol. The first kappa shape index (κ1) is 11.4. The molecule has 2 heterocycles. The maximum atomic E-state index is 5.06. The van der Waals surface area contributed by atoms with E-state index in [4.69, 9.17) is 17.0 Å². The van der Waals surface area contributed by atoms with Gasteiger partial charge in [0, 0.05) is 26.8 Å². The van der Waals surface area contributed by atoms with E-state index >= 15 is 0 Å². The summed E-state index contributed by atoms with van der Waals surface area (Å²) in [5, 5.41) is 7.97. The van der Waals surface area contributed by atoms with E-state index < -0.39 is 0 Å². The maximum Gasteiger partial charge on any atom is 0.195 e. The molecular weight excluding hydrogens is 244 g/mol. The van der Waals surface area contributed by atoms with E-state index in [0.29, 0.717) is 11.4 Å². The molecule has 0 bridgehead atoms. The van der Waals surface area contributed by atoms with Gasteiger partial charge in [-0.3, -0.25) is 5.10 Å². The van der Waals surface area contributed by atoms with Crippen LogP contribution in [-0.4, -0.2) is 33.5 Å². The summed E-state index contributed by atoms with van der Waals surface area (Å²) in [6, 6.07) is 0. The minimum atomic E-state index is 0.613. The van der Waals surface area contributed by atoms with E-state index in [2.05, 4.69) is 15.2 Å². The summed E-state index contributed by atoms with van der Waals surface area (Å²) in [5.74, 6) is 0.825. The predicted octanol–water partition coefficient (Wildman–Crippen LogP) is 1.79. The summed E-state index contributed by atoms with van der Waals surface area (Å²) < 4.78 is 7.46. The Balaban J connectivity index is 2.25. The van der Waals surface area contributed by atoms with Gasteiger partial charge in [-0.25, -0.2) is 4.98 Å². The fraction of sp³-hybridized carbons (Fsp3) is 0.444. The van der Waals surface area contributed by atoms with Crippen molar-refractivity contribution in [1.29, 1.82) is 0 Å². The average Bonchev–Trinajstić information content (AvgIpc) is 2.85. The van der Waals surface area contributed by atoms with Crippen molar-refractivity contribution < 1.29 is 4.74 Å². The number of rotatable bonds is 4. The van der Waals surface area contributed by atoms with Crippen molar-refractivity contribution in [3.63, 3.8) is 0 Å². The van der Waals surface area contributed by atoms with E-state index in [-0.39, 0.29) is 0 Å². The van der Waals surface area contributed by atoms with E-state index in [1.807, 2.05) is 17.8 Å². The first-order valence-electron chi connectivity index (χ1n) is 4.77. The molecule has 0 aliphatic rings. The fourth-order valence-corrected chi connectivity index (χ4v) is 2.34. The summed E-state index contributed by atoms with van der Waals surface area (Å²) in [6.45, 7) is 0.686. The number of aromatic amines is 1. The van der Waals surface area contributed by atoms with Crippen LogP contribution in [0.2, 0.25) is 0 Å². The zero-order valence-corrected chi connectivity index (χ0v) is 10.7. The number of thiazole rings is 1. The maximum absolute atomic E-state index is 5.06. The molecule has 2 aromatic heterocycles. The first-order chi connectivity index (χ1) is 7.72. The van der Waals surface area contributed by atoms with E-state index in [0.717, 1.165) is 22.1 Å². The van der Waals surface area contributed by atoms with Crippen molar-refractivity contribution in [2.45, 2.75) is 6.42 Å². The molecule has 0 aliphatic heterocycles. The molecule has 0 fully saturated rings. The number of H-pyrrole nitrogens is 1. The lowest BCUT2D eigenvalue weighted by Gasteiger charge is -1.94. The number of hydrogen-bond acceptors (Lipinski definition) is 5. The molecule has 16 heavy (non-hydrogen) atoms. The quantitative estimate of drug-likeness (QED) is 0.847. The molecule has 0 saturated heterocycles. The molecule has 0 spiro atoms. The third-order valence-electron chi connectivity index (χ3n) is 2.17. The van der Waals surface area contributed by atoms with Gasteiger partial charge in [0.25, 0.3) is 0 Å². The zero-order chi connectivity index (χ0) is 11.5. The SMILES string of the molecule is COCCc1ncc(-c2n[nH]c(=S)n2C)s1. The molecular formula is C9H12N4OS2. The minimum Gasteiger partial charge on any atom is -0.384 e. The highest BCUT2D eigenvalue weighted by Gasteiger charge is 2.09. The number of methoxy groups -OCH3 is 1. The van der Waals surface area contributed by atoms with Crippen LogP contribution in [0, 0.1) is 4.77 Å². The van der Waals surface area contributed by atoms with Crippen LogP contribution >= 0.6 is 23.6 Å². The van der Waals surface area contributed by atoms with Crippen LogP contribution in [-0.2, 0) is 18.2 Å². The van der Waals surface area contributed by atoms with Gasteiger partial charge in [0.05, 0.1) is 16.5 Å². The number of ether oxygens (including phenoxy) is 1. The molecule has 0 aliphatic carbocycles. The van der Waals surface area contributed by atoms with Crippen LogP contribution in [0.4, 0.5) is 0 Å². The van der Waals surface area contributed by atoms with Crippen molar-refractivity contribution in [3.8, 4) is 10.7 Å². The van der Waals surface area contributed by atoms with Gasteiger partial charge in [-0.1, -0.05) is 0 Å². The van der Waals surface area contributed by atoms with Crippen molar-refractivity contribution in [3.05, 3.63) is 16.0 Å². The molecule has 86 valence electrons. The molecule has 5 nitrogen and oxygen atoms in total. The highest BCUT2D eigenvalue weighted by molar-refractivity contribution is 7.71. The van der Waals surface area contributed by atoms with Crippen LogP contribution in [0.3, 0.4) is 0 Å². The molecule has 0 saturated carbocycles. The lowest BCUT2D eigenvalue weighted by molar-refractivity contribution is 0.202. The van der Waals surface area contributed by atoms with Gasteiger partial charge in [-0.15, -0.1) is 11.3 Å². The zero-order valence-electron chi connectivity index (χ0n) is 9.06. The van der Waals surface area contributed by atoms with Crippen molar-refractivity contribution in [2.75, 3.05) is 13.7 Å². The molecule has 0 aromatic carbocycles. The Hall–Kier alpha value is -1.05. The van der Waals surface area contributed by atoms with Gasteiger partial charge in [0.15, 0.2) is 10.6 Å². The summed E-state index contributed by atoms with van der Waals surface area (Å²) in [7, 11) is 3.57. The lowest BCUT2D eigenvalue weighted by Crippen LogP contribution is -1.92. The van der Waals surface area contributed by atoms with Gasteiger partial charge >= 0.3 is 0 Å². The highest BCUT2D eigenvalue weighted by atomic mass is 32.1. The number of nitrogens with one attached hydrogen (secondary N) is 1. The van der Waals surface area contributed by atoms with Crippen molar-refractivity contribution in [2.24, 2.45) is 7.05 Å². The third-order valence-corrected chi connectivity index (χ3v) is 3.59. The predicted molar refractivity (Wildman–Crippen MR) is 65.1 cm³/mol. The monoisotopic (exact) mass is 256 g/mol. The summed E-state index contributed by atoms with van der Waals surface area (Å²) in [6.07, 6.45) is 2.65. The van der Waals surface area contributed by atoms with Gasteiger partial charge in [0.2, 0.25) is 0 Å². The second kappa shape index (κ2) is 4.86. The largest absolute Gasteiger partial charge is 0.384 e. The van der Waals surface area contributed by atoms with E-state index in [9.17, 15) is 0 Å². The standard InChI is InChI=1S/C9H12N4OS2/c1-13-8(11-12-9(13)15)6-5-10-7(16-6)3-4-14-2/h5H,3-4H2,1-2H3,(H,12,15). The smallest absolute Gasteiger partial charge is 0.195 e. The van der Waals surface area contributed by atoms with Gasteiger partial charge in [-0.2, -0.15) is 5.10 Å². The van der Waals surface area contributed by atoms with Crippen LogP contribution in [0.25, 0.3) is 10.7 Å². The van der Waals surface area contributed by atoms with Crippen LogP contribution in [0.1, 0.15) is 5.01 Å². The van der Waals surface area contributed by atoms with Crippen molar-refractivity contribution in [1.82, 2.24) is 19.7 Å². The van der Waals surface area contributed by atoms with Gasteiger partial charge in [0.1, 0.15) is 0 Å². The van der Waals surface area contributed by atoms with Crippen LogP contribution in [0.15, 0.2) is 6.20 Å². The first-order valence-corrected chi connectivity index (χ1v) is 6.00. The molecule has 0 radical (unpaired) electrons. The number of hydrogen-bond donors (Lipinski definition) is 1. The lowest BCUT2D eigenvalue weighted by atomic mass is 10.5. The third kappa shape index (κ3) is 2.21. The Morgan fingerprint density at radius 3 is 3.06 bits per heavy atom. The molecule has 0 amide bonds. The van der Waals surface area contributed by atoms with Gasteiger partial charge in [-0.05, 0) is 12.2 Å². The summed E-state index contributed by atoms with van der Waals surface area (Å²) in [5.41, 5.74) is 0. The number of nitrogens with zero attached hydrogens (tertiary/aromatic N) is 3. The second-order valence-electron chi connectivity index (χ2n) is 3.27. The van der Waals surface area contributed by atoms with Gasteiger partial charge < -0.3 is 9.30 Å². The Labute approximate surface area is 102 Å². The molecule has 7 heteroatoms. The Kier molecular flexibility index (Phi) is 3.47. The molecule has 0 unspecified atom stereocenters. The minimum absolute atomic E-state index is 0.613. The summed E-state index contributed by atoms with van der Waals surface area (Å²) in [4.78, 5) is 5.33. The second-order valence-corrected chi connectivity index (χ2v) is 4.77. The topological polar surface area (TPSA) is 55.7 Å². The summed E-state index contributed by atoms with van der Waals surface area (Å²) >= 11 is 6.67. The molecule has 2 rings (SSSR count). The Bertz CT molecular complexity index is 528. The van der Waals surface area contributed by atoms with E-state index in [1.54, 1.807) is 18.4 Å².